The first-order chi connectivity index (χ1) is 4.79. The molecule has 0 spiro atoms. The second-order valence-corrected chi connectivity index (χ2v) is 4.23. The van der Waals surface area contributed by atoms with Crippen LogP contribution in [0, 0.1) is 0 Å². The lowest BCUT2D eigenvalue weighted by Gasteiger charge is -1.95. The van der Waals surface area contributed by atoms with Gasteiger partial charge in [-0.25, -0.2) is 0 Å². The van der Waals surface area contributed by atoms with Crippen molar-refractivity contribution in [2.45, 2.75) is 13.8 Å². The zero-order chi connectivity index (χ0) is 7.40. The Bertz CT molecular complexity index is 168. The molecule has 1 N–H and O–H groups in total. The third kappa shape index (κ3) is 2.35. The molecule has 3 heteroatoms. The van der Waals surface area contributed by atoms with E-state index in [0.29, 0.717) is 0 Å². The van der Waals surface area contributed by atoms with E-state index in [1.165, 1.54) is 11.0 Å². The van der Waals surface area contributed by atoms with Crippen LogP contribution in [0.3, 0.4) is 0 Å². The van der Waals surface area contributed by atoms with E-state index in [-0.39, 0.29) is 9.52 Å². The third-order valence-electron chi connectivity index (χ3n) is 1.45. The van der Waals surface area contributed by atoms with Crippen LogP contribution in [0.2, 0.25) is 0 Å². The Kier molecular flexibility index (Phi) is 2.68. The molecule has 0 aromatic heterocycles. The summed E-state index contributed by atoms with van der Waals surface area (Å²) in [4.78, 5) is 4.33. The zero-order valence-corrected chi connectivity index (χ0v) is 8.06. The summed E-state index contributed by atoms with van der Waals surface area (Å²) in [6.07, 6.45) is 0. The normalized spacial score (nSPS) is 17.2. The number of nitrogens with one attached hydrogen (secondary N) is 1. The van der Waals surface area contributed by atoms with Crippen LogP contribution < -0.4 is 5.32 Å². The molecular formula is C7H14N2Si. The number of aliphatic imine (C=N–C) groups is 1. The summed E-state index contributed by atoms with van der Waals surface area (Å²) < 4.78 is 0. The molecule has 0 saturated carbocycles. The quantitative estimate of drug-likeness (QED) is 0.558. The summed E-state index contributed by atoms with van der Waals surface area (Å²) in [6, 6.07) is 0. The van der Waals surface area contributed by atoms with Crippen LogP contribution in [0.1, 0.15) is 13.8 Å². The van der Waals surface area contributed by atoms with Gasteiger partial charge in [0.25, 0.3) is 0 Å². The van der Waals surface area contributed by atoms with E-state index in [0.717, 1.165) is 13.1 Å². The van der Waals surface area contributed by atoms with Crippen LogP contribution in [0.15, 0.2) is 16.3 Å². The Labute approximate surface area is 64.3 Å². The Morgan fingerprint density at radius 3 is 3.00 bits per heavy atom. The molecule has 0 unspecified atom stereocenters. The van der Waals surface area contributed by atoms with E-state index >= 15 is 0 Å². The van der Waals surface area contributed by atoms with Crippen molar-refractivity contribution in [1.29, 1.82) is 0 Å². The smallest absolute Gasteiger partial charge is 0.122 e. The Balaban J connectivity index is 2.32. The first kappa shape index (κ1) is 7.53. The maximum atomic E-state index is 4.33. The van der Waals surface area contributed by atoms with Gasteiger partial charge in [-0.2, -0.15) is 0 Å². The third-order valence-corrected chi connectivity index (χ3v) is 3.33. The topological polar surface area (TPSA) is 24.4 Å². The van der Waals surface area contributed by atoms with Crippen molar-refractivity contribution in [1.82, 2.24) is 5.32 Å². The van der Waals surface area contributed by atoms with E-state index in [1.54, 1.807) is 0 Å². The fraction of sp³-hybridized carbons (Fsp3) is 0.571. The number of amidine groups is 1. The van der Waals surface area contributed by atoms with E-state index < -0.39 is 0 Å². The van der Waals surface area contributed by atoms with Gasteiger partial charge >= 0.3 is 0 Å². The first-order valence-corrected chi connectivity index (χ1v) is 5.22. The highest BCUT2D eigenvalue weighted by Gasteiger charge is 2.01. The van der Waals surface area contributed by atoms with Gasteiger partial charge in [-0.3, -0.25) is 4.99 Å². The monoisotopic (exact) mass is 154 g/mol. The summed E-state index contributed by atoms with van der Waals surface area (Å²) in [5, 5.41) is 3.28. The van der Waals surface area contributed by atoms with Crippen LogP contribution in [0.25, 0.3) is 0 Å². The minimum atomic E-state index is -0.183. The van der Waals surface area contributed by atoms with Crippen molar-refractivity contribution in [3.63, 3.8) is 0 Å². The molecule has 0 fully saturated rings. The zero-order valence-electron chi connectivity index (χ0n) is 6.65. The number of hydrogen-bond donors (Lipinski definition) is 1. The molecule has 0 bridgehead atoms. The van der Waals surface area contributed by atoms with Gasteiger partial charge in [0.2, 0.25) is 0 Å². The summed E-state index contributed by atoms with van der Waals surface area (Å²) in [6.45, 7) is 6.32. The molecule has 0 atom stereocenters. The number of allylic oxidation sites excluding steroid dienone is 1. The predicted molar refractivity (Wildman–Crippen MR) is 48.3 cm³/mol. The van der Waals surface area contributed by atoms with Gasteiger partial charge in [-0.05, 0) is 13.8 Å². The summed E-state index contributed by atoms with van der Waals surface area (Å²) in [5.74, 6) is 0. The second-order valence-electron chi connectivity index (χ2n) is 2.74. The molecule has 10 heavy (non-hydrogen) atoms. The number of nitrogens with zero attached hydrogens (tertiary/aromatic N) is 1. The van der Waals surface area contributed by atoms with Gasteiger partial charge in [-0.1, -0.05) is 11.3 Å². The highest BCUT2D eigenvalue weighted by Crippen LogP contribution is 1.89. The van der Waals surface area contributed by atoms with Crippen molar-refractivity contribution in [2.75, 3.05) is 13.1 Å². The molecule has 0 amide bonds. The van der Waals surface area contributed by atoms with E-state index in [2.05, 4.69) is 29.9 Å². The lowest BCUT2D eigenvalue weighted by atomic mass is 10.4. The van der Waals surface area contributed by atoms with Gasteiger partial charge in [0.15, 0.2) is 0 Å². The molecule has 56 valence electrons. The Morgan fingerprint density at radius 1 is 1.70 bits per heavy atom. The van der Waals surface area contributed by atoms with E-state index in [9.17, 15) is 0 Å². The maximum Gasteiger partial charge on any atom is 0.122 e. The standard InChI is InChI=1S/C7H14N2Si/c1-6(2)5-10-7-8-3-4-9-7/h5H,3-4,10H2,1-2H3,(H,8,9). The molecule has 1 heterocycles. The molecule has 0 aromatic carbocycles. The van der Waals surface area contributed by atoms with Gasteiger partial charge in [0, 0.05) is 6.54 Å². The lowest BCUT2D eigenvalue weighted by molar-refractivity contribution is 0.963. The number of hydrogen-bond acceptors (Lipinski definition) is 2. The highest BCUT2D eigenvalue weighted by atomic mass is 28.2. The average Bonchev–Trinajstić information content (AvgIpc) is 2.34. The van der Waals surface area contributed by atoms with E-state index in [4.69, 9.17) is 0 Å². The fourth-order valence-electron chi connectivity index (χ4n) is 0.884. The van der Waals surface area contributed by atoms with Crippen molar-refractivity contribution in [2.24, 2.45) is 4.99 Å². The molecule has 0 saturated heterocycles. The van der Waals surface area contributed by atoms with Gasteiger partial charge in [0.1, 0.15) is 9.52 Å². The maximum absolute atomic E-state index is 4.33. The minimum Gasteiger partial charge on any atom is -0.376 e. The first-order valence-electron chi connectivity index (χ1n) is 3.69. The average molecular weight is 154 g/mol. The van der Waals surface area contributed by atoms with Crippen LogP contribution in [0.5, 0.6) is 0 Å². The van der Waals surface area contributed by atoms with Crippen molar-refractivity contribution in [3.8, 4) is 0 Å². The molecule has 0 aromatic rings. The highest BCUT2D eigenvalue weighted by molar-refractivity contribution is 6.78. The molecule has 1 aliphatic rings. The molecule has 1 rings (SSSR count). The van der Waals surface area contributed by atoms with Crippen LogP contribution in [-0.2, 0) is 0 Å². The molecule has 1 aliphatic heterocycles. The number of rotatable bonds is 2. The minimum absolute atomic E-state index is 0.183. The molecule has 2 nitrogen and oxygen atoms in total. The Morgan fingerprint density at radius 2 is 2.50 bits per heavy atom. The van der Waals surface area contributed by atoms with E-state index in [1.807, 2.05) is 0 Å². The van der Waals surface area contributed by atoms with Crippen molar-refractivity contribution in [3.05, 3.63) is 11.3 Å². The largest absolute Gasteiger partial charge is 0.376 e. The second kappa shape index (κ2) is 3.56. The van der Waals surface area contributed by atoms with Crippen molar-refractivity contribution >= 4 is 15.0 Å². The fourth-order valence-corrected chi connectivity index (χ4v) is 2.09. The SMILES string of the molecule is CC(C)=C[SiH2]C1=NCCN1. The molecule has 0 aliphatic carbocycles. The summed E-state index contributed by atoms with van der Waals surface area (Å²) in [7, 11) is -0.183. The van der Waals surface area contributed by atoms with Gasteiger partial charge in [0.05, 0.1) is 12.0 Å². The van der Waals surface area contributed by atoms with Crippen LogP contribution in [-0.4, -0.2) is 28.1 Å². The summed E-state index contributed by atoms with van der Waals surface area (Å²) >= 11 is 0. The van der Waals surface area contributed by atoms with Crippen LogP contribution in [0.4, 0.5) is 0 Å². The molecule has 0 radical (unpaired) electrons. The summed E-state index contributed by atoms with van der Waals surface area (Å²) in [5.41, 5.74) is 5.03. The molecular weight excluding hydrogens is 140 g/mol. The predicted octanol–water partition coefficient (Wildman–Crippen LogP) is 0.0381. The Hall–Kier alpha value is -0.573. The van der Waals surface area contributed by atoms with Gasteiger partial charge < -0.3 is 5.32 Å². The van der Waals surface area contributed by atoms with Crippen LogP contribution >= 0.6 is 0 Å². The lowest BCUT2D eigenvalue weighted by Crippen LogP contribution is -2.23. The van der Waals surface area contributed by atoms with Crippen molar-refractivity contribution < 1.29 is 0 Å². The van der Waals surface area contributed by atoms with Gasteiger partial charge in [-0.15, -0.1) is 0 Å².